The smallest absolute Gasteiger partial charge is 0.0599 e. The van der Waals surface area contributed by atoms with Crippen LogP contribution in [0.5, 0.6) is 0 Å². The summed E-state index contributed by atoms with van der Waals surface area (Å²) in [5.41, 5.74) is 1.35. The molecule has 1 aromatic rings. The van der Waals surface area contributed by atoms with E-state index in [1.807, 2.05) is 0 Å². The highest BCUT2D eigenvalue weighted by molar-refractivity contribution is 4.98. The Kier molecular flexibility index (Phi) is 6.45. The highest BCUT2D eigenvalue weighted by atomic mass is 15.3. The first-order valence-corrected chi connectivity index (χ1v) is 7.65. The number of nitrogens with zero attached hydrogens (tertiary/aromatic N) is 2. The summed E-state index contributed by atoms with van der Waals surface area (Å²) in [7, 11) is 0. The van der Waals surface area contributed by atoms with Crippen molar-refractivity contribution in [3.8, 4) is 0 Å². The third-order valence-corrected chi connectivity index (χ3v) is 3.91. The van der Waals surface area contributed by atoms with Crippen LogP contribution >= 0.6 is 0 Å². The maximum absolute atomic E-state index is 4.65. The fourth-order valence-electron chi connectivity index (χ4n) is 2.56. The van der Waals surface area contributed by atoms with Gasteiger partial charge < -0.3 is 0 Å². The Hall–Kier alpha value is -0.790. The third kappa shape index (κ3) is 4.47. The van der Waals surface area contributed by atoms with Crippen LogP contribution in [0.15, 0.2) is 12.3 Å². The van der Waals surface area contributed by atoms with Crippen LogP contribution in [0, 0.1) is 6.92 Å². The van der Waals surface area contributed by atoms with Crippen molar-refractivity contribution in [2.45, 2.75) is 84.6 Å². The van der Waals surface area contributed by atoms with Crippen LogP contribution in [0.1, 0.15) is 77.8 Å². The van der Waals surface area contributed by atoms with E-state index in [0.29, 0.717) is 0 Å². The second-order valence-electron chi connectivity index (χ2n) is 5.81. The summed E-state index contributed by atoms with van der Waals surface area (Å²) in [5.74, 6) is 0. The topological polar surface area (TPSA) is 17.8 Å². The van der Waals surface area contributed by atoms with Crippen molar-refractivity contribution >= 4 is 0 Å². The van der Waals surface area contributed by atoms with Crippen LogP contribution in [-0.4, -0.2) is 9.78 Å². The first-order chi connectivity index (χ1) is 8.62. The summed E-state index contributed by atoms with van der Waals surface area (Å²) in [6, 6.07) is 2.12. The molecule has 0 fully saturated rings. The predicted molar refractivity (Wildman–Crippen MR) is 78.9 cm³/mol. The van der Waals surface area contributed by atoms with E-state index in [2.05, 4.69) is 49.7 Å². The number of hydrogen-bond donors (Lipinski definition) is 0. The van der Waals surface area contributed by atoms with Gasteiger partial charge in [-0.05, 0) is 32.8 Å². The Morgan fingerprint density at radius 2 is 1.72 bits per heavy atom. The summed E-state index contributed by atoms with van der Waals surface area (Å²) >= 11 is 0. The van der Waals surface area contributed by atoms with E-state index in [1.165, 1.54) is 51.4 Å². The molecule has 0 saturated carbocycles. The summed E-state index contributed by atoms with van der Waals surface area (Å²) in [6.07, 6.45) is 12.6. The van der Waals surface area contributed by atoms with Gasteiger partial charge in [-0.2, -0.15) is 5.10 Å². The lowest BCUT2D eigenvalue weighted by Gasteiger charge is -2.30. The number of hydrogen-bond acceptors (Lipinski definition) is 1. The monoisotopic (exact) mass is 250 g/mol. The molecular formula is C16H30N2. The van der Waals surface area contributed by atoms with Gasteiger partial charge in [0.05, 0.1) is 11.2 Å². The first-order valence-electron chi connectivity index (χ1n) is 7.65. The molecule has 0 bridgehead atoms. The predicted octanol–water partition coefficient (Wildman–Crippen LogP) is 5.07. The van der Waals surface area contributed by atoms with Crippen molar-refractivity contribution in [1.29, 1.82) is 0 Å². The highest BCUT2D eigenvalue weighted by Crippen LogP contribution is 2.29. The minimum atomic E-state index is 0.220. The Balaban J connectivity index is 2.62. The van der Waals surface area contributed by atoms with Crippen LogP contribution in [0.3, 0.4) is 0 Å². The number of rotatable bonds is 9. The quantitative estimate of drug-likeness (QED) is 0.560. The molecule has 1 unspecified atom stereocenters. The first kappa shape index (κ1) is 15.3. The average Bonchev–Trinajstić information content (AvgIpc) is 2.80. The van der Waals surface area contributed by atoms with Crippen molar-refractivity contribution in [3.63, 3.8) is 0 Å². The van der Waals surface area contributed by atoms with Crippen LogP contribution < -0.4 is 0 Å². The molecule has 1 rings (SSSR count). The zero-order chi connectivity index (χ0) is 13.4. The minimum Gasteiger partial charge on any atom is -0.267 e. The molecule has 1 atom stereocenters. The molecular weight excluding hydrogens is 220 g/mol. The minimum absolute atomic E-state index is 0.220. The average molecular weight is 250 g/mol. The number of aromatic nitrogens is 2. The van der Waals surface area contributed by atoms with Crippen molar-refractivity contribution in [2.24, 2.45) is 0 Å². The van der Waals surface area contributed by atoms with Gasteiger partial charge in [0.1, 0.15) is 0 Å². The maximum Gasteiger partial charge on any atom is 0.0599 e. The second-order valence-corrected chi connectivity index (χ2v) is 5.81. The van der Waals surface area contributed by atoms with Crippen LogP contribution in [0.25, 0.3) is 0 Å². The van der Waals surface area contributed by atoms with Crippen molar-refractivity contribution in [3.05, 3.63) is 18.0 Å². The van der Waals surface area contributed by atoms with E-state index in [4.69, 9.17) is 0 Å². The SMILES string of the molecule is CCCCCCC(C)(CCCC)n1ccc(C)n1. The molecule has 0 spiro atoms. The molecule has 1 heterocycles. The fraction of sp³-hybridized carbons (Fsp3) is 0.812. The van der Waals surface area contributed by atoms with Gasteiger partial charge in [-0.15, -0.1) is 0 Å². The third-order valence-electron chi connectivity index (χ3n) is 3.91. The van der Waals surface area contributed by atoms with Gasteiger partial charge in [0, 0.05) is 6.20 Å². The molecule has 0 amide bonds. The Bertz CT molecular complexity index is 330. The summed E-state index contributed by atoms with van der Waals surface area (Å²) in [5, 5.41) is 4.65. The molecule has 0 aliphatic rings. The lowest BCUT2D eigenvalue weighted by molar-refractivity contribution is 0.228. The zero-order valence-electron chi connectivity index (χ0n) is 12.7. The lowest BCUT2D eigenvalue weighted by Crippen LogP contribution is -2.30. The van der Waals surface area contributed by atoms with E-state index < -0.39 is 0 Å². The van der Waals surface area contributed by atoms with Crippen LogP contribution in [0.2, 0.25) is 0 Å². The summed E-state index contributed by atoms with van der Waals surface area (Å²) in [6.45, 7) is 8.99. The molecule has 0 saturated heterocycles. The van der Waals surface area contributed by atoms with Crippen molar-refractivity contribution in [1.82, 2.24) is 9.78 Å². The van der Waals surface area contributed by atoms with Crippen LogP contribution in [0.4, 0.5) is 0 Å². The van der Waals surface area contributed by atoms with Crippen molar-refractivity contribution in [2.75, 3.05) is 0 Å². The number of aryl methyl sites for hydroxylation is 1. The number of unbranched alkanes of at least 4 members (excludes halogenated alkanes) is 4. The van der Waals surface area contributed by atoms with E-state index in [0.717, 1.165) is 5.69 Å². The Morgan fingerprint density at radius 3 is 2.28 bits per heavy atom. The molecule has 0 radical (unpaired) electrons. The normalized spacial score (nSPS) is 14.7. The molecule has 0 aliphatic carbocycles. The molecule has 0 aliphatic heterocycles. The van der Waals surface area contributed by atoms with Gasteiger partial charge in [0.15, 0.2) is 0 Å². The Morgan fingerprint density at radius 1 is 1.06 bits per heavy atom. The van der Waals surface area contributed by atoms with E-state index in [1.54, 1.807) is 0 Å². The molecule has 2 nitrogen and oxygen atoms in total. The van der Waals surface area contributed by atoms with E-state index >= 15 is 0 Å². The fourth-order valence-corrected chi connectivity index (χ4v) is 2.56. The second kappa shape index (κ2) is 7.60. The zero-order valence-corrected chi connectivity index (χ0v) is 12.7. The van der Waals surface area contributed by atoms with Gasteiger partial charge >= 0.3 is 0 Å². The molecule has 0 N–H and O–H groups in total. The molecule has 1 aromatic heterocycles. The molecule has 0 aromatic carbocycles. The molecule has 18 heavy (non-hydrogen) atoms. The van der Waals surface area contributed by atoms with Gasteiger partial charge in [0.2, 0.25) is 0 Å². The van der Waals surface area contributed by atoms with Gasteiger partial charge in [-0.3, -0.25) is 4.68 Å². The summed E-state index contributed by atoms with van der Waals surface area (Å²) < 4.78 is 2.21. The van der Waals surface area contributed by atoms with E-state index in [-0.39, 0.29) is 5.54 Å². The summed E-state index contributed by atoms with van der Waals surface area (Å²) in [4.78, 5) is 0. The highest BCUT2D eigenvalue weighted by Gasteiger charge is 2.25. The lowest BCUT2D eigenvalue weighted by atomic mass is 9.89. The molecule has 104 valence electrons. The maximum atomic E-state index is 4.65. The van der Waals surface area contributed by atoms with E-state index in [9.17, 15) is 0 Å². The van der Waals surface area contributed by atoms with Gasteiger partial charge in [-0.1, -0.05) is 52.4 Å². The van der Waals surface area contributed by atoms with Gasteiger partial charge in [-0.25, -0.2) is 0 Å². The standard InChI is InChI=1S/C16H30N2/c1-5-7-9-10-13-16(4,12-8-6-2)18-14-11-15(3)17-18/h11,14H,5-10,12-13H2,1-4H3. The van der Waals surface area contributed by atoms with Gasteiger partial charge in [0.25, 0.3) is 0 Å². The van der Waals surface area contributed by atoms with Crippen LogP contribution in [-0.2, 0) is 5.54 Å². The molecule has 2 heteroatoms. The largest absolute Gasteiger partial charge is 0.267 e. The Labute approximate surface area is 113 Å². The van der Waals surface area contributed by atoms with Crippen molar-refractivity contribution < 1.29 is 0 Å².